The van der Waals surface area contributed by atoms with Crippen molar-refractivity contribution < 1.29 is 13.2 Å². The van der Waals surface area contributed by atoms with E-state index in [2.05, 4.69) is 4.98 Å². The van der Waals surface area contributed by atoms with Crippen LogP contribution in [-0.4, -0.2) is 35.6 Å². The van der Waals surface area contributed by atoms with Gasteiger partial charge < -0.3 is 0 Å². The standard InChI is InChI=1S/C13H14N2O3S/c16-8-12-5-1-4-11-7-14-13(15(11)12)10-3-2-6-19(17,18)9-10/h1,4-5,7-8,10H,2-3,6,9H2. The monoisotopic (exact) mass is 278 g/mol. The number of carbonyl (C=O) groups is 1. The maximum atomic E-state index is 11.7. The van der Waals surface area contributed by atoms with Gasteiger partial charge in [0, 0.05) is 5.92 Å². The molecule has 3 rings (SSSR count). The van der Waals surface area contributed by atoms with E-state index in [4.69, 9.17) is 0 Å². The lowest BCUT2D eigenvalue weighted by Gasteiger charge is -2.21. The number of fused-ring (bicyclic) bond motifs is 1. The summed E-state index contributed by atoms with van der Waals surface area (Å²) in [4.78, 5) is 15.4. The van der Waals surface area contributed by atoms with Crippen molar-refractivity contribution in [3.63, 3.8) is 0 Å². The van der Waals surface area contributed by atoms with Gasteiger partial charge in [-0.1, -0.05) is 6.07 Å². The third kappa shape index (κ3) is 2.16. The van der Waals surface area contributed by atoms with Crippen molar-refractivity contribution in [2.75, 3.05) is 11.5 Å². The summed E-state index contributed by atoms with van der Waals surface area (Å²) in [6.45, 7) is 0. The van der Waals surface area contributed by atoms with Gasteiger partial charge in [-0.25, -0.2) is 13.4 Å². The summed E-state index contributed by atoms with van der Waals surface area (Å²) in [6.07, 6.45) is 3.91. The van der Waals surface area contributed by atoms with Crippen LogP contribution in [-0.2, 0) is 9.84 Å². The van der Waals surface area contributed by atoms with Gasteiger partial charge in [-0.2, -0.15) is 0 Å². The van der Waals surface area contributed by atoms with E-state index in [9.17, 15) is 13.2 Å². The Hall–Kier alpha value is -1.69. The molecule has 6 heteroatoms. The van der Waals surface area contributed by atoms with Gasteiger partial charge in [-0.15, -0.1) is 0 Å². The molecule has 0 spiro atoms. The first-order valence-corrected chi connectivity index (χ1v) is 8.05. The predicted octanol–water partition coefficient (Wildman–Crippen LogP) is 1.44. The van der Waals surface area contributed by atoms with Crippen molar-refractivity contribution in [3.05, 3.63) is 35.9 Å². The molecule has 19 heavy (non-hydrogen) atoms. The molecule has 1 aliphatic heterocycles. The lowest BCUT2D eigenvalue weighted by atomic mass is 10.0. The molecular formula is C13H14N2O3S. The minimum Gasteiger partial charge on any atom is -0.296 e. The van der Waals surface area contributed by atoms with Gasteiger partial charge >= 0.3 is 0 Å². The summed E-state index contributed by atoms with van der Waals surface area (Å²) in [6, 6.07) is 5.37. The van der Waals surface area contributed by atoms with Crippen LogP contribution in [0.2, 0.25) is 0 Å². The number of aromatic nitrogens is 2. The molecule has 1 unspecified atom stereocenters. The minimum atomic E-state index is -2.99. The quantitative estimate of drug-likeness (QED) is 0.779. The topological polar surface area (TPSA) is 68.5 Å². The van der Waals surface area contributed by atoms with E-state index in [-0.39, 0.29) is 17.4 Å². The van der Waals surface area contributed by atoms with Crippen LogP contribution in [0, 0.1) is 0 Å². The number of carbonyl (C=O) groups excluding carboxylic acids is 1. The Labute approximate surface area is 111 Å². The summed E-state index contributed by atoms with van der Waals surface area (Å²) in [5.41, 5.74) is 1.33. The molecule has 100 valence electrons. The number of sulfone groups is 1. The van der Waals surface area contributed by atoms with Gasteiger partial charge in [-0.3, -0.25) is 9.20 Å². The van der Waals surface area contributed by atoms with Gasteiger partial charge in [0.1, 0.15) is 5.82 Å². The van der Waals surface area contributed by atoms with E-state index in [0.29, 0.717) is 17.9 Å². The fourth-order valence-electron chi connectivity index (χ4n) is 2.71. The summed E-state index contributed by atoms with van der Waals surface area (Å²) < 4.78 is 25.2. The maximum absolute atomic E-state index is 11.7. The van der Waals surface area contributed by atoms with Crippen LogP contribution >= 0.6 is 0 Å². The first kappa shape index (κ1) is 12.3. The SMILES string of the molecule is O=Cc1cccc2cnc(C3CCCS(=O)(=O)C3)n12. The molecule has 0 aromatic carbocycles. The van der Waals surface area contributed by atoms with Crippen molar-refractivity contribution in [1.82, 2.24) is 9.38 Å². The van der Waals surface area contributed by atoms with E-state index in [0.717, 1.165) is 18.2 Å². The molecule has 5 nitrogen and oxygen atoms in total. The molecule has 0 N–H and O–H groups in total. The zero-order valence-electron chi connectivity index (χ0n) is 10.3. The van der Waals surface area contributed by atoms with Crippen molar-refractivity contribution in [1.29, 1.82) is 0 Å². The number of aldehydes is 1. The smallest absolute Gasteiger partial charge is 0.166 e. The largest absolute Gasteiger partial charge is 0.296 e. The molecule has 0 bridgehead atoms. The molecule has 2 aromatic rings. The molecule has 1 fully saturated rings. The molecule has 3 heterocycles. The Morgan fingerprint density at radius 3 is 2.95 bits per heavy atom. The highest BCUT2D eigenvalue weighted by atomic mass is 32.2. The van der Waals surface area contributed by atoms with E-state index >= 15 is 0 Å². The van der Waals surface area contributed by atoms with Crippen LogP contribution < -0.4 is 0 Å². The fraction of sp³-hybridized carbons (Fsp3) is 0.385. The predicted molar refractivity (Wildman–Crippen MR) is 71.2 cm³/mol. The zero-order chi connectivity index (χ0) is 13.5. The van der Waals surface area contributed by atoms with Crippen molar-refractivity contribution >= 4 is 21.6 Å². The Balaban J connectivity index is 2.13. The second kappa shape index (κ2) is 4.45. The van der Waals surface area contributed by atoms with Crippen LogP contribution in [0.5, 0.6) is 0 Å². The van der Waals surface area contributed by atoms with Gasteiger partial charge in [0.25, 0.3) is 0 Å². The summed E-state index contributed by atoms with van der Waals surface area (Å²) in [5, 5.41) is 0. The molecular weight excluding hydrogens is 264 g/mol. The van der Waals surface area contributed by atoms with Crippen LogP contribution in [0.15, 0.2) is 24.4 Å². The lowest BCUT2D eigenvalue weighted by molar-refractivity contribution is 0.111. The first-order valence-electron chi connectivity index (χ1n) is 6.23. The fourth-order valence-corrected chi connectivity index (χ4v) is 4.41. The number of nitrogens with zero attached hydrogens (tertiary/aromatic N) is 2. The second-order valence-corrected chi connectivity index (χ2v) is 7.13. The summed E-state index contributed by atoms with van der Waals surface area (Å²) in [7, 11) is -2.99. The molecule has 1 aliphatic rings. The molecule has 1 atom stereocenters. The average molecular weight is 278 g/mol. The van der Waals surface area contributed by atoms with E-state index in [1.807, 2.05) is 6.07 Å². The van der Waals surface area contributed by atoms with Crippen molar-refractivity contribution in [3.8, 4) is 0 Å². The van der Waals surface area contributed by atoms with Crippen molar-refractivity contribution in [2.24, 2.45) is 0 Å². The van der Waals surface area contributed by atoms with E-state index < -0.39 is 9.84 Å². The molecule has 1 saturated heterocycles. The Bertz CT molecular complexity index is 733. The highest BCUT2D eigenvalue weighted by Crippen LogP contribution is 2.28. The maximum Gasteiger partial charge on any atom is 0.166 e. The number of pyridine rings is 1. The van der Waals surface area contributed by atoms with Crippen LogP contribution in [0.1, 0.15) is 35.1 Å². The number of imidazole rings is 1. The van der Waals surface area contributed by atoms with Crippen LogP contribution in [0.3, 0.4) is 0 Å². The molecule has 0 saturated carbocycles. The third-order valence-electron chi connectivity index (χ3n) is 3.56. The van der Waals surface area contributed by atoms with Gasteiger partial charge in [0.2, 0.25) is 0 Å². The average Bonchev–Trinajstić information content (AvgIpc) is 2.81. The molecule has 0 amide bonds. The minimum absolute atomic E-state index is 0.123. The Morgan fingerprint density at radius 1 is 1.37 bits per heavy atom. The Morgan fingerprint density at radius 2 is 2.21 bits per heavy atom. The zero-order valence-corrected chi connectivity index (χ0v) is 11.1. The molecule has 2 aromatic heterocycles. The summed E-state index contributed by atoms with van der Waals surface area (Å²) >= 11 is 0. The van der Waals surface area contributed by atoms with Crippen molar-refractivity contribution in [2.45, 2.75) is 18.8 Å². The van der Waals surface area contributed by atoms with Crippen LogP contribution in [0.4, 0.5) is 0 Å². The second-order valence-electron chi connectivity index (χ2n) is 4.90. The van der Waals surface area contributed by atoms with Crippen LogP contribution in [0.25, 0.3) is 5.52 Å². The molecule has 0 radical (unpaired) electrons. The normalized spacial score (nSPS) is 22.4. The van der Waals surface area contributed by atoms with E-state index in [1.54, 1.807) is 22.7 Å². The third-order valence-corrected chi connectivity index (χ3v) is 5.38. The Kier molecular flexibility index (Phi) is 2.89. The van der Waals surface area contributed by atoms with Gasteiger partial charge in [-0.05, 0) is 25.0 Å². The first-order chi connectivity index (χ1) is 9.11. The highest BCUT2D eigenvalue weighted by molar-refractivity contribution is 7.91. The number of hydrogen-bond donors (Lipinski definition) is 0. The number of rotatable bonds is 2. The van der Waals surface area contributed by atoms with Gasteiger partial charge in [0.15, 0.2) is 16.1 Å². The lowest BCUT2D eigenvalue weighted by Crippen LogP contribution is -2.25. The van der Waals surface area contributed by atoms with Gasteiger partial charge in [0.05, 0.1) is 28.9 Å². The number of hydrogen-bond acceptors (Lipinski definition) is 4. The van der Waals surface area contributed by atoms with E-state index in [1.165, 1.54) is 0 Å². The highest BCUT2D eigenvalue weighted by Gasteiger charge is 2.29. The molecule has 0 aliphatic carbocycles. The summed E-state index contributed by atoms with van der Waals surface area (Å²) in [5.74, 6) is 0.940.